The van der Waals surface area contributed by atoms with Crippen LogP contribution in [0.15, 0.2) is 42.5 Å². The van der Waals surface area contributed by atoms with Crippen molar-refractivity contribution in [2.45, 2.75) is 20.0 Å². The van der Waals surface area contributed by atoms with Gasteiger partial charge in [0.25, 0.3) is 0 Å². The molecule has 1 unspecified atom stereocenters. The molecule has 0 fully saturated rings. The molecule has 2 aromatic rings. The molecule has 2 rings (SSSR count). The van der Waals surface area contributed by atoms with Crippen molar-refractivity contribution >= 4 is 32.4 Å². The molecule has 0 aliphatic rings. The molecule has 2 aromatic carbocycles. The smallest absolute Gasteiger partial charge is 0.335 e. The summed E-state index contributed by atoms with van der Waals surface area (Å²) in [6, 6.07) is 9.45. The number of methoxy groups -OCH3 is 1. The molecule has 5 nitrogen and oxygen atoms in total. The Balaban J connectivity index is 2.29. The van der Waals surface area contributed by atoms with Crippen LogP contribution in [0.1, 0.15) is 40.1 Å². The highest BCUT2D eigenvalue weighted by atomic mass is 31.0. The molecule has 1 N–H and O–H groups in total. The van der Waals surface area contributed by atoms with Crippen LogP contribution in [0.25, 0.3) is 6.08 Å². The van der Waals surface area contributed by atoms with Crippen molar-refractivity contribution in [1.82, 2.24) is 0 Å². The molecule has 0 amide bonds. The van der Waals surface area contributed by atoms with Crippen LogP contribution in [0.3, 0.4) is 0 Å². The topological polar surface area (TPSA) is 72.8 Å². The first-order chi connectivity index (χ1) is 12.3. The molecule has 1 atom stereocenters. The number of aromatic carboxylic acids is 1. The molecule has 0 aliphatic carbocycles. The Labute approximate surface area is 154 Å². The average molecular weight is 372 g/mol. The van der Waals surface area contributed by atoms with E-state index in [4.69, 9.17) is 14.6 Å². The maximum Gasteiger partial charge on any atom is 0.335 e. The molecule has 6 heteroatoms. The molecular weight excluding hydrogens is 351 g/mol. The number of carbonyl (C=O) groups excluding carboxylic acids is 1. The van der Waals surface area contributed by atoms with Crippen LogP contribution in [-0.2, 0) is 0 Å². The molecule has 0 radical (unpaired) electrons. The molecule has 26 heavy (non-hydrogen) atoms. The fraction of sp³-hybridized carbons (Fsp3) is 0.200. The molecule has 0 spiro atoms. The van der Waals surface area contributed by atoms with Crippen molar-refractivity contribution in [3.63, 3.8) is 0 Å². The summed E-state index contributed by atoms with van der Waals surface area (Å²) in [5, 5.41) is 9.76. The monoisotopic (exact) mass is 372 g/mol. The van der Waals surface area contributed by atoms with E-state index in [0.29, 0.717) is 17.1 Å². The summed E-state index contributed by atoms with van der Waals surface area (Å²) in [4.78, 5) is 23.2. The van der Waals surface area contributed by atoms with Gasteiger partial charge < -0.3 is 14.6 Å². The Morgan fingerprint density at radius 2 is 1.69 bits per heavy atom. The van der Waals surface area contributed by atoms with Crippen molar-refractivity contribution in [1.29, 1.82) is 0 Å². The van der Waals surface area contributed by atoms with Gasteiger partial charge in [-0.25, -0.2) is 4.79 Å². The molecular formula is C20H21O5P. The van der Waals surface area contributed by atoms with E-state index in [1.165, 1.54) is 30.3 Å². The number of benzene rings is 2. The minimum absolute atomic E-state index is 0.0264. The van der Waals surface area contributed by atoms with E-state index >= 15 is 0 Å². The second kappa shape index (κ2) is 8.63. The van der Waals surface area contributed by atoms with Crippen LogP contribution < -0.4 is 14.8 Å². The quantitative estimate of drug-likeness (QED) is 0.457. The van der Waals surface area contributed by atoms with Gasteiger partial charge in [0, 0.05) is 22.5 Å². The Morgan fingerprint density at radius 3 is 2.23 bits per heavy atom. The number of carboxylic acid groups (broad SMARTS) is 1. The number of carboxylic acids is 1. The summed E-state index contributed by atoms with van der Waals surface area (Å²) in [7, 11) is 4.17. The predicted octanol–water partition coefficient (Wildman–Crippen LogP) is 3.58. The van der Waals surface area contributed by atoms with Gasteiger partial charge in [-0.2, -0.15) is 0 Å². The van der Waals surface area contributed by atoms with Crippen LogP contribution in [0.4, 0.5) is 0 Å². The normalized spacial score (nSPS) is 11.0. The molecule has 0 heterocycles. The van der Waals surface area contributed by atoms with E-state index in [9.17, 15) is 9.59 Å². The van der Waals surface area contributed by atoms with Crippen molar-refractivity contribution in [3.8, 4) is 11.5 Å². The summed E-state index contributed by atoms with van der Waals surface area (Å²) in [5.74, 6) is 0.0477. The zero-order valence-electron chi connectivity index (χ0n) is 14.9. The second-order valence-corrected chi connectivity index (χ2v) is 6.50. The first-order valence-corrected chi connectivity index (χ1v) is 8.59. The van der Waals surface area contributed by atoms with Crippen LogP contribution in [0.5, 0.6) is 11.5 Å². The number of ketones is 1. The number of ether oxygens (including phenoxy) is 2. The summed E-state index contributed by atoms with van der Waals surface area (Å²) < 4.78 is 11.1. The zero-order chi connectivity index (χ0) is 19.3. The van der Waals surface area contributed by atoms with Crippen molar-refractivity contribution in [3.05, 3.63) is 59.2 Å². The van der Waals surface area contributed by atoms with E-state index < -0.39 is 5.97 Å². The van der Waals surface area contributed by atoms with Gasteiger partial charge in [-0.1, -0.05) is 12.1 Å². The van der Waals surface area contributed by atoms with Gasteiger partial charge in [-0.3, -0.25) is 4.79 Å². The second-order valence-electron chi connectivity index (χ2n) is 5.88. The molecule has 136 valence electrons. The van der Waals surface area contributed by atoms with Crippen LogP contribution in [0.2, 0.25) is 0 Å². The van der Waals surface area contributed by atoms with Gasteiger partial charge in [0.15, 0.2) is 5.78 Å². The number of allylic oxidation sites excluding steroid dienone is 1. The van der Waals surface area contributed by atoms with E-state index in [2.05, 4.69) is 9.24 Å². The molecule has 0 saturated carbocycles. The Bertz CT molecular complexity index is 838. The first-order valence-electron chi connectivity index (χ1n) is 8.01. The number of rotatable bonds is 7. The number of carbonyl (C=O) groups is 2. The van der Waals surface area contributed by atoms with Gasteiger partial charge in [-0.15, -0.1) is 9.24 Å². The minimum Gasteiger partial charge on any atom is -0.496 e. The number of hydrogen-bond acceptors (Lipinski definition) is 4. The lowest BCUT2D eigenvalue weighted by molar-refractivity contribution is 0.0696. The maximum atomic E-state index is 12.3. The van der Waals surface area contributed by atoms with Gasteiger partial charge >= 0.3 is 5.97 Å². The van der Waals surface area contributed by atoms with Gasteiger partial charge in [0.05, 0.1) is 18.8 Å². The summed E-state index contributed by atoms with van der Waals surface area (Å²) >= 11 is 0. The third-order valence-electron chi connectivity index (χ3n) is 3.56. The average Bonchev–Trinajstić information content (AvgIpc) is 2.60. The van der Waals surface area contributed by atoms with Crippen LogP contribution in [0, 0.1) is 0 Å². The molecule has 0 aliphatic heterocycles. The Kier molecular flexibility index (Phi) is 6.53. The lowest BCUT2D eigenvalue weighted by Gasteiger charge is -2.15. The highest BCUT2D eigenvalue weighted by Gasteiger charge is 2.10. The van der Waals surface area contributed by atoms with Gasteiger partial charge in [0.2, 0.25) is 0 Å². The van der Waals surface area contributed by atoms with Gasteiger partial charge in [-0.05, 0) is 44.2 Å². The molecule has 0 bridgehead atoms. The highest BCUT2D eigenvalue weighted by molar-refractivity contribution is 7.27. The fourth-order valence-electron chi connectivity index (χ4n) is 2.30. The summed E-state index contributed by atoms with van der Waals surface area (Å²) in [6.07, 6.45) is 3.09. The fourth-order valence-corrected chi connectivity index (χ4v) is 2.68. The summed E-state index contributed by atoms with van der Waals surface area (Å²) in [5.41, 5.74) is 1.30. The number of hydrogen-bond donors (Lipinski definition) is 1. The summed E-state index contributed by atoms with van der Waals surface area (Å²) in [6.45, 7) is 3.84. The predicted molar refractivity (Wildman–Crippen MR) is 105 cm³/mol. The molecule has 0 saturated heterocycles. The minimum atomic E-state index is -1.03. The van der Waals surface area contributed by atoms with E-state index in [0.717, 1.165) is 10.9 Å². The Morgan fingerprint density at radius 1 is 1.08 bits per heavy atom. The zero-order valence-corrected chi connectivity index (χ0v) is 16.0. The largest absolute Gasteiger partial charge is 0.496 e. The van der Waals surface area contributed by atoms with Crippen molar-refractivity contribution in [2.75, 3.05) is 7.11 Å². The van der Waals surface area contributed by atoms with E-state index in [1.54, 1.807) is 19.3 Å². The maximum absolute atomic E-state index is 12.3. The standard InChI is InChI=1S/C20H21O5P/c1-12(2)25-17-11-18(24-3)19(26)10-15(17)8-9-16(21)13-4-6-14(7-5-13)20(22)23/h4-12H,26H2,1-3H3,(H,22,23)/b9-8+. The lowest BCUT2D eigenvalue weighted by Crippen LogP contribution is -2.09. The van der Waals surface area contributed by atoms with E-state index in [-0.39, 0.29) is 17.5 Å². The Hall–Kier alpha value is -2.65. The van der Waals surface area contributed by atoms with Crippen molar-refractivity contribution < 1.29 is 24.2 Å². The van der Waals surface area contributed by atoms with Crippen LogP contribution in [-0.4, -0.2) is 30.1 Å². The SMILES string of the molecule is COc1cc(OC(C)C)c(/C=C/C(=O)c2ccc(C(=O)O)cc2)cc1P. The lowest BCUT2D eigenvalue weighted by atomic mass is 10.1. The molecule has 0 aromatic heterocycles. The third kappa shape index (κ3) is 4.93. The van der Waals surface area contributed by atoms with Crippen molar-refractivity contribution in [2.24, 2.45) is 0 Å². The highest BCUT2D eigenvalue weighted by Crippen LogP contribution is 2.27. The van der Waals surface area contributed by atoms with Crippen LogP contribution >= 0.6 is 9.24 Å². The first kappa shape index (κ1) is 19.7. The third-order valence-corrected chi connectivity index (χ3v) is 4.01. The van der Waals surface area contributed by atoms with Gasteiger partial charge in [0.1, 0.15) is 11.5 Å². The van der Waals surface area contributed by atoms with E-state index in [1.807, 2.05) is 19.9 Å².